The highest BCUT2D eigenvalue weighted by molar-refractivity contribution is 5.94. The molecule has 2 aromatic heterocycles. The van der Waals surface area contributed by atoms with Gasteiger partial charge in [-0.25, -0.2) is 9.36 Å². The molecule has 0 atom stereocenters. The normalized spacial score (nSPS) is 10.6. The first kappa shape index (κ1) is 20.1. The topological polar surface area (TPSA) is 100 Å². The van der Waals surface area contributed by atoms with Gasteiger partial charge in [0.2, 0.25) is 0 Å². The summed E-state index contributed by atoms with van der Waals surface area (Å²) >= 11 is 0. The van der Waals surface area contributed by atoms with Crippen molar-refractivity contribution in [2.24, 2.45) is 0 Å². The van der Waals surface area contributed by atoms with Gasteiger partial charge in [0.05, 0.1) is 26.5 Å². The van der Waals surface area contributed by atoms with Crippen molar-refractivity contribution in [1.82, 2.24) is 24.9 Å². The molecule has 0 spiro atoms. The van der Waals surface area contributed by atoms with E-state index in [4.69, 9.17) is 9.47 Å². The van der Waals surface area contributed by atoms with Gasteiger partial charge in [-0.1, -0.05) is 0 Å². The highest BCUT2D eigenvalue weighted by Crippen LogP contribution is 2.27. The maximum absolute atomic E-state index is 12.4. The Labute approximate surface area is 167 Å². The lowest BCUT2D eigenvalue weighted by Crippen LogP contribution is -2.32. The van der Waals surface area contributed by atoms with Gasteiger partial charge in [-0.3, -0.25) is 9.59 Å². The first-order chi connectivity index (χ1) is 13.9. The molecular formula is C20H23N5O4. The van der Waals surface area contributed by atoms with Crippen LogP contribution in [0.4, 0.5) is 0 Å². The van der Waals surface area contributed by atoms with Crippen molar-refractivity contribution in [3.05, 3.63) is 63.7 Å². The third-order valence-electron chi connectivity index (χ3n) is 4.33. The van der Waals surface area contributed by atoms with Crippen LogP contribution in [-0.4, -0.2) is 46.2 Å². The molecular weight excluding hydrogens is 374 g/mol. The maximum atomic E-state index is 12.4. The number of aryl methyl sites for hydroxylation is 2. The van der Waals surface area contributed by atoms with Crippen LogP contribution in [0.25, 0.3) is 5.82 Å². The Hall–Kier alpha value is -3.62. The number of benzene rings is 1. The van der Waals surface area contributed by atoms with E-state index in [0.29, 0.717) is 22.9 Å². The molecule has 0 saturated heterocycles. The molecule has 152 valence electrons. The van der Waals surface area contributed by atoms with Crippen LogP contribution in [0.15, 0.2) is 41.2 Å². The lowest BCUT2D eigenvalue weighted by Gasteiger charge is -2.11. The number of aromatic nitrogens is 4. The number of methoxy groups -OCH3 is 2. The number of amides is 1. The fourth-order valence-corrected chi connectivity index (χ4v) is 2.93. The van der Waals surface area contributed by atoms with Crippen molar-refractivity contribution in [2.45, 2.75) is 20.4 Å². The molecule has 0 fully saturated rings. The molecule has 9 nitrogen and oxygen atoms in total. The number of nitrogens with zero attached hydrogens (tertiary/aromatic N) is 4. The van der Waals surface area contributed by atoms with Gasteiger partial charge in [0, 0.05) is 23.9 Å². The van der Waals surface area contributed by atoms with Crippen LogP contribution in [-0.2, 0) is 6.54 Å². The number of nitrogens with one attached hydrogen (secondary N) is 1. The summed E-state index contributed by atoms with van der Waals surface area (Å²) in [5.41, 5.74) is 1.96. The van der Waals surface area contributed by atoms with Crippen molar-refractivity contribution >= 4 is 5.91 Å². The average molecular weight is 397 g/mol. The van der Waals surface area contributed by atoms with Gasteiger partial charge < -0.3 is 14.8 Å². The summed E-state index contributed by atoms with van der Waals surface area (Å²) in [7, 11) is 3.04. The van der Waals surface area contributed by atoms with Crippen LogP contribution in [0.3, 0.4) is 0 Å². The Morgan fingerprint density at radius 1 is 1.03 bits per heavy atom. The Balaban J connectivity index is 1.69. The van der Waals surface area contributed by atoms with Gasteiger partial charge in [0.25, 0.3) is 11.5 Å². The van der Waals surface area contributed by atoms with Crippen LogP contribution < -0.4 is 20.3 Å². The van der Waals surface area contributed by atoms with Gasteiger partial charge in [-0.2, -0.15) is 5.10 Å². The zero-order valence-electron chi connectivity index (χ0n) is 16.8. The molecule has 0 unspecified atom stereocenters. The van der Waals surface area contributed by atoms with E-state index in [2.05, 4.69) is 15.5 Å². The highest BCUT2D eigenvalue weighted by atomic mass is 16.5. The minimum absolute atomic E-state index is 0.227. The molecule has 0 saturated carbocycles. The van der Waals surface area contributed by atoms with E-state index in [1.807, 2.05) is 19.9 Å². The van der Waals surface area contributed by atoms with Crippen LogP contribution in [0, 0.1) is 13.8 Å². The number of hydrogen-bond donors (Lipinski definition) is 1. The molecule has 29 heavy (non-hydrogen) atoms. The molecule has 0 aliphatic rings. The third kappa shape index (κ3) is 4.45. The second-order valence-electron chi connectivity index (χ2n) is 6.42. The van der Waals surface area contributed by atoms with E-state index in [-0.39, 0.29) is 24.6 Å². The van der Waals surface area contributed by atoms with Crippen molar-refractivity contribution < 1.29 is 14.3 Å². The average Bonchev–Trinajstić information content (AvgIpc) is 3.06. The largest absolute Gasteiger partial charge is 0.493 e. The quantitative estimate of drug-likeness (QED) is 0.648. The monoisotopic (exact) mass is 397 g/mol. The van der Waals surface area contributed by atoms with Gasteiger partial charge in [-0.05, 0) is 44.2 Å². The Morgan fingerprint density at radius 3 is 2.45 bits per heavy atom. The molecule has 1 aromatic carbocycles. The van der Waals surface area contributed by atoms with Gasteiger partial charge in [-0.15, -0.1) is 5.10 Å². The Morgan fingerprint density at radius 2 is 1.79 bits per heavy atom. The second-order valence-corrected chi connectivity index (χ2v) is 6.42. The predicted octanol–water partition coefficient (Wildman–Crippen LogP) is 1.49. The SMILES string of the molecule is COc1ccc(C(=O)NCCn2nc(-n3nc(C)cc3C)ccc2=O)cc1OC. The van der Waals surface area contributed by atoms with Crippen LogP contribution in [0.5, 0.6) is 11.5 Å². The molecule has 0 aliphatic heterocycles. The summed E-state index contributed by atoms with van der Waals surface area (Å²) in [6.45, 7) is 4.27. The summed E-state index contributed by atoms with van der Waals surface area (Å²) < 4.78 is 13.4. The standard InChI is InChI=1S/C20H23N5O4/c1-13-11-14(2)25(22-13)18-7-8-19(26)24(23-18)10-9-21-20(27)15-5-6-16(28-3)17(12-15)29-4/h5-8,11-12H,9-10H2,1-4H3,(H,21,27). The van der Waals surface area contributed by atoms with E-state index in [1.54, 1.807) is 28.9 Å². The van der Waals surface area contributed by atoms with Gasteiger partial charge in [0.15, 0.2) is 17.3 Å². The summed E-state index contributed by atoms with van der Waals surface area (Å²) in [5.74, 6) is 1.27. The predicted molar refractivity (Wildman–Crippen MR) is 107 cm³/mol. The first-order valence-corrected chi connectivity index (χ1v) is 9.05. The molecule has 0 bridgehead atoms. The van der Waals surface area contributed by atoms with E-state index in [0.717, 1.165) is 11.4 Å². The Bertz CT molecular complexity index is 1090. The van der Waals surface area contributed by atoms with E-state index in [9.17, 15) is 9.59 Å². The third-order valence-corrected chi connectivity index (χ3v) is 4.33. The molecule has 0 aliphatic carbocycles. The van der Waals surface area contributed by atoms with E-state index in [1.165, 1.54) is 25.0 Å². The minimum Gasteiger partial charge on any atom is -0.493 e. The molecule has 2 heterocycles. The molecule has 1 N–H and O–H groups in total. The van der Waals surface area contributed by atoms with Crippen molar-refractivity contribution in [3.8, 4) is 17.3 Å². The number of rotatable bonds is 7. The molecule has 1 amide bonds. The van der Waals surface area contributed by atoms with Crippen LogP contribution >= 0.6 is 0 Å². The van der Waals surface area contributed by atoms with Gasteiger partial charge in [0.1, 0.15) is 0 Å². The summed E-state index contributed by atoms with van der Waals surface area (Å²) in [6.07, 6.45) is 0. The summed E-state index contributed by atoms with van der Waals surface area (Å²) in [4.78, 5) is 24.5. The molecule has 0 radical (unpaired) electrons. The van der Waals surface area contributed by atoms with E-state index < -0.39 is 0 Å². The molecule has 3 aromatic rings. The summed E-state index contributed by atoms with van der Waals surface area (Å²) in [5, 5.41) is 11.5. The Kier molecular flexibility index (Phi) is 5.96. The van der Waals surface area contributed by atoms with Crippen molar-refractivity contribution in [1.29, 1.82) is 0 Å². The van der Waals surface area contributed by atoms with Crippen molar-refractivity contribution in [2.75, 3.05) is 20.8 Å². The van der Waals surface area contributed by atoms with Crippen LogP contribution in [0.2, 0.25) is 0 Å². The van der Waals surface area contributed by atoms with Crippen LogP contribution in [0.1, 0.15) is 21.7 Å². The fraction of sp³-hybridized carbons (Fsp3) is 0.300. The maximum Gasteiger partial charge on any atom is 0.266 e. The number of carbonyl (C=O) groups is 1. The number of carbonyl (C=O) groups excluding carboxylic acids is 1. The second kappa shape index (κ2) is 8.59. The summed E-state index contributed by atoms with van der Waals surface area (Å²) in [6, 6.07) is 9.90. The zero-order chi connectivity index (χ0) is 21.0. The van der Waals surface area contributed by atoms with Crippen molar-refractivity contribution in [3.63, 3.8) is 0 Å². The lowest BCUT2D eigenvalue weighted by atomic mass is 10.2. The molecule has 3 rings (SSSR count). The number of hydrogen-bond acceptors (Lipinski definition) is 6. The fourth-order valence-electron chi connectivity index (χ4n) is 2.93. The smallest absolute Gasteiger partial charge is 0.266 e. The minimum atomic E-state index is -0.284. The molecule has 9 heteroatoms. The zero-order valence-corrected chi connectivity index (χ0v) is 16.8. The lowest BCUT2D eigenvalue weighted by molar-refractivity contribution is 0.0951. The number of ether oxygens (including phenoxy) is 2. The van der Waals surface area contributed by atoms with Gasteiger partial charge >= 0.3 is 0 Å². The van der Waals surface area contributed by atoms with E-state index >= 15 is 0 Å². The first-order valence-electron chi connectivity index (χ1n) is 9.05. The highest BCUT2D eigenvalue weighted by Gasteiger charge is 2.11.